The van der Waals surface area contributed by atoms with Crippen molar-refractivity contribution in [2.45, 2.75) is 17.6 Å². The number of β-lactam (4-membered cyclic amide) rings is 1. The third kappa shape index (κ3) is 7.03. The summed E-state index contributed by atoms with van der Waals surface area (Å²) < 4.78 is 37.4. The molecule has 2 amide bonds. The zero-order valence-electron chi connectivity index (χ0n) is 20.2. The number of carboxylic acids is 2. The Morgan fingerprint density at radius 1 is 1.27 bits per heavy atom. The zero-order chi connectivity index (χ0) is 30.5. The fourth-order valence-electron chi connectivity index (χ4n) is 3.41. The Kier molecular flexibility index (Phi) is 9.41. The van der Waals surface area contributed by atoms with Gasteiger partial charge in [-0.1, -0.05) is 5.16 Å². The Balaban J connectivity index is 0.000000587. The number of nitrogens with two attached hydrogens (primary N) is 1. The standard InChI is InChI=1S/C20H16N6O6S2.C2HF3O2/c21-5-9-1-3-11(4-2-9)32-6-10-7-33-18-14(17(28)26(18)15(10)19(29)30)24-16(27)13(25-31)12-8-34-20(22)23-12;3-2(4,5)1(6)7/h1-4,8,14,18,31H,6-7H2,(H2,22,23)(H,24,27)(H,29,30);(H,6,7)/b25-13-;/t14?,18-;/m1./s1. The van der Waals surface area contributed by atoms with Gasteiger partial charge in [-0.15, -0.1) is 23.1 Å². The number of nitrogens with zero attached hydrogens (tertiary/aromatic N) is 4. The fraction of sp³-hybridized carbons (Fsp3) is 0.227. The molecule has 0 aliphatic carbocycles. The molecule has 4 rings (SSSR count). The lowest BCUT2D eigenvalue weighted by Crippen LogP contribution is -2.71. The Morgan fingerprint density at radius 3 is 2.39 bits per heavy atom. The second-order valence-corrected chi connectivity index (χ2v) is 9.86. The van der Waals surface area contributed by atoms with Crippen LogP contribution in [0, 0.1) is 11.3 Å². The second-order valence-electron chi connectivity index (χ2n) is 7.87. The van der Waals surface area contributed by atoms with Crippen LogP contribution in [0.2, 0.25) is 0 Å². The molecule has 1 aromatic heterocycles. The van der Waals surface area contributed by atoms with Crippen LogP contribution in [-0.2, 0) is 19.2 Å². The monoisotopic (exact) mass is 614 g/mol. The number of nitrogen functional groups attached to an aromatic ring is 1. The number of amides is 2. The second kappa shape index (κ2) is 12.6. The maximum atomic E-state index is 12.8. The topological polar surface area (TPSA) is 229 Å². The molecule has 0 radical (unpaired) electrons. The van der Waals surface area contributed by atoms with Gasteiger partial charge in [-0.05, 0) is 24.3 Å². The molecule has 14 nitrogen and oxygen atoms in total. The Bertz CT molecular complexity index is 1470. The maximum absolute atomic E-state index is 12.8. The number of hydrogen-bond acceptors (Lipinski definition) is 12. The van der Waals surface area contributed by atoms with E-state index in [-0.39, 0.29) is 28.9 Å². The van der Waals surface area contributed by atoms with E-state index in [2.05, 4.69) is 15.5 Å². The van der Waals surface area contributed by atoms with Crippen LogP contribution in [-0.4, -0.2) is 84.7 Å². The van der Waals surface area contributed by atoms with Crippen LogP contribution in [0.1, 0.15) is 11.3 Å². The van der Waals surface area contributed by atoms with Gasteiger partial charge in [-0.3, -0.25) is 14.5 Å². The van der Waals surface area contributed by atoms with Crippen molar-refractivity contribution in [2.75, 3.05) is 18.1 Å². The number of aromatic nitrogens is 1. The summed E-state index contributed by atoms with van der Waals surface area (Å²) in [6.45, 7) is -0.0688. The summed E-state index contributed by atoms with van der Waals surface area (Å²) in [5, 5.41) is 41.3. The number of hydrogen-bond donors (Lipinski definition) is 5. The predicted molar refractivity (Wildman–Crippen MR) is 135 cm³/mol. The summed E-state index contributed by atoms with van der Waals surface area (Å²) in [5.41, 5.74) is 5.84. The number of carboxylic acid groups (broad SMARTS) is 2. The van der Waals surface area contributed by atoms with Crippen LogP contribution >= 0.6 is 23.1 Å². The molecular weight excluding hydrogens is 597 g/mol. The normalized spacial score (nSPS) is 18.2. The highest BCUT2D eigenvalue weighted by atomic mass is 32.2. The number of anilines is 1. The summed E-state index contributed by atoms with van der Waals surface area (Å²) in [5.74, 6) is -4.81. The Morgan fingerprint density at radius 2 is 1.90 bits per heavy atom. The number of ether oxygens (including phenoxy) is 1. The van der Waals surface area contributed by atoms with E-state index in [9.17, 15) is 37.9 Å². The van der Waals surface area contributed by atoms with Crippen molar-refractivity contribution in [3.05, 3.63) is 52.2 Å². The van der Waals surface area contributed by atoms with Gasteiger partial charge in [0.15, 0.2) is 10.8 Å². The zero-order valence-corrected chi connectivity index (χ0v) is 21.8. The minimum Gasteiger partial charge on any atom is -0.489 e. The number of alkyl halides is 3. The smallest absolute Gasteiger partial charge is 0.489 e. The van der Waals surface area contributed by atoms with Crippen LogP contribution in [0.15, 0.2) is 46.1 Å². The van der Waals surface area contributed by atoms with Crippen molar-refractivity contribution >= 4 is 57.7 Å². The first kappa shape index (κ1) is 30.7. The van der Waals surface area contributed by atoms with Crippen LogP contribution in [0.25, 0.3) is 0 Å². The van der Waals surface area contributed by atoms with E-state index in [1.807, 2.05) is 6.07 Å². The highest BCUT2D eigenvalue weighted by Gasteiger charge is 2.54. The molecule has 0 saturated carbocycles. The number of benzene rings is 1. The number of nitriles is 1. The average molecular weight is 615 g/mol. The minimum atomic E-state index is -5.08. The predicted octanol–water partition coefficient (Wildman–Crippen LogP) is 1.23. The number of aliphatic carboxylic acids is 2. The van der Waals surface area contributed by atoms with Gasteiger partial charge in [0.05, 0.1) is 11.6 Å². The molecule has 2 aliphatic rings. The molecule has 2 aromatic rings. The van der Waals surface area contributed by atoms with Gasteiger partial charge in [0.2, 0.25) is 0 Å². The van der Waals surface area contributed by atoms with E-state index >= 15 is 0 Å². The van der Waals surface area contributed by atoms with Crippen LogP contribution < -0.4 is 15.8 Å². The number of thiazole rings is 1. The van der Waals surface area contributed by atoms with Crippen molar-refractivity contribution < 1.29 is 52.5 Å². The number of nitrogens with one attached hydrogen (secondary N) is 1. The largest absolute Gasteiger partial charge is 0.490 e. The van der Waals surface area contributed by atoms with Crippen LogP contribution in [0.4, 0.5) is 18.3 Å². The molecule has 6 N–H and O–H groups in total. The number of fused-ring (bicyclic) bond motifs is 1. The van der Waals surface area contributed by atoms with Gasteiger partial charge in [0.25, 0.3) is 11.8 Å². The molecule has 1 unspecified atom stereocenters. The van der Waals surface area contributed by atoms with E-state index in [1.54, 1.807) is 24.3 Å². The molecular formula is C22H17F3N6O8S2. The number of halogens is 3. The van der Waals surface area contributed by atoms with Crippen LogP contribution in [0.3, 0.4) is 0 Å². The van der Waals surface area contributed by atoms with Crippen molar-refractivity contribution in [1.29, 1.82) is 5.26 Å². The Hall–Kier alpha value is -4.83. The van der Waals surface area contributed by atoms with E-state index < -0.39 is 47.1 Å². The summed E-state index contributed by atoms with van der Waals surface area (Å²) in [7, 11) is 0. The molecule has 41 heavy (non-hydrogen) atoms. The molecule has 1 fully saturated rings. The number of thioether (sulfide) groups is 1. The molecule has 0 spiro atoms. The maximum Gasteiger partial charge on any atom is 0.490 e. The quantitative estimate of drug-likeness (QED) is 0.128. The first-order valence-corrected chi connectivity index (χ1v) is 12.8. The number of carbonyl (C=O) groups is 4. The summed E-state index contributed by atoms with van der Waals surface area (Å²) >= 11 is 2.32. The van der Waals surface area contributed by atoms with Gasteiger partial charge in [0.1, 0.15) is 35.2 Å². The first-order valence-electron chi connectivity index (χ1n) is 10.9. The fourth-order valence-corrected chi connectivity index (χ4v) is 5.28. The molecule has 19 heteroatoms. The Labute approximate surface area is 235 Å². The lowest BCUT2D eigenvalue weighted by molar-refractivity contribution is -0.192. The summed E-state index contributed by atoms with van der Waals surface area (Å²) in [6, 6.07) is 7.31. The SMILES string of the molecule is N#Cc1ccc(OCC2=C(C(=O)O)N3C(=O)C(NC(=O)/C(=N\O)c4csc(N)n4)[C@H]3SC2)cc1.O=C(O)C(F)(F)F. The van der Waals surface area contributed by atoms with Gasteiger partial charge in [0, 0.05) is 16.7 Å². The average Bonchev–Trinajstić information content (AvgIpc) is 3.35. The molecule has 2 atom stereocenters. The van der Waals surface area contributed by atoms with Crippen molar-refractivity contribution in [3.63, 3.8) is 0 Å². The third-order valence-electron chi connectivity index (χ3n) is 5.26. The van der Waals surface area contributed by atoms with Gasteiger partial charge >= 0.3 is 18.1 Å². The van der Waals surface area contributed by atoms with Gasteiger partial charge < -0.3 is 31.2 Å². The van der Waals surface area contributed by atoms with Gasteiger partial charge in [-0.25, -0.2) is 14.6 Å². The lowest BCUT2D eigenvalue weighted by atomic mass is 10.0. The van der Waals surface area contributed by atoms with E-state index in [4.69, 9.17) is 25.6 Å². The minimum absolute atomic E-state index is 0.0517. The van der Waals surface area contributed by atoms with Crippen molar-refractivity contribution in [3.8, 4) is 11.8 Å². The number of carbonyl (C=O) groups excluding carboxylic acids is 2. The summed E-state index contributed by atoms with van der Waals surface area (Å²) in [4.78, 5) is 51.2. The van der Waals surface area contributed by atoms with Crippen LogP contribution in [0.5, 0.6) is 5.75 Å². The molecule has 2 aliphatic heterocycles. The summed E-state index contributed by atoms with van der Waals surface area (Å²) in [6.07, 6.45) is -5.08. The molecule has 216 valence electrons. The highest BCUT2D eigenvalue weighted by Crippen LogP contribution is 2.40. The number of rotatable bonds is 7. The molecule has 3 heterocycles. The van der Waals surface area contributed by atoms with Crippen molar-refractivity contribution in [1.82, 2.24) is 15.2 Å². The third-order valence-corrected chi connectivity index (χ3v) is 7.27. The number of oxime groups is 1. The van der Waals surface area contributed by atoms with Gasteiger partial charge in [-0.2, -0.15) is 18.4 Å². The van der Waals surface area contributed by atoms with Crippen molar-refractivity contribution in [2.24, 2.45) is 5.16 Å². The highest BCUT2D eigenvalue weighted by molar-refractivity contribution is 8.00. The van der Waals surface area contributed by atoms with E-state index in [0.29, 0.717) is 16.9 Å². The lowest BCUT2D eigenvalue weighted by Gasteiger charge is -2.49. The molecule has 1 aromatic carbocycles. The van der Waals surface area contributed by atoms with E-state index in [0.717, 1.165) is 16.2 Å². The van der Waals surface area contributed by atoms with E-state index in [1.165, 1.54) is 17.1 Å². The molecule has 1 saturated heterocycles. The molecule has 0 bridgehead atoms. The first-order chi connectivity index (χ1) is 19.3.